The Balaban J connectivity index is 1.30. The van der Waals surface area contributed by atoms with Crippen molar-refractivity contribution in [3.8, 4) is 11.5 Å². The van der Waals surface area contributed by atoms with Crippen LogP contribution in [0.25, 0.3) is 11.5 Å². The number of hydrogen-bond acceptors (Lipinski definition) is 6. The van der Waals surface area contributed by atoms with Crippen molar-refractivity contribution in [3.63, 3.8) is 0 Å². The van der Waals surface area contributed by atoms with E-state index in [1.54, 1.807) is 6.26 Å². The predicted molar refractivity (Wildman–Crippen MR) is 125 cm³/mol. The molecule has 2 aromatic carbocycles. The van der Waals surface area contributed by atoms with Gasteiger partial charge in [-0.2, -0.15) is 0 Å². The monoisotopic (exact) mass is 449 g/mol. The van der Waals surface area contributed by atoms with Crippen molar-refractivity contribution in [2.75, 3.05) is 7.11 Å². The molecule has 0 aliphatic heterocycles. The van der Waals surface area contributed by atoms with Crippen molar-refractivity contribution < 1.29 is 23.4 Å². The summed E-state index contributed by atoms with van der Waals surface area (Å²) in [5, 5.41) is 0. The molecule has 0 N–H and O–H groups in total. The summed E-state index contributed by atoms with van der Waals surface area (Å²) in [4.78, 5) is 16.7. The van der Waals surface area contributed by atoms with Gasteiger partial charge in [0.25, 0.3) is 0 Å². The van der Waals surface area contributed by atoms with Gasteiger partial charge < -0.3 is 18.6 Å². The Bertz CT molecular complexity index is 1070. The summed E-state index contributed by atoms with van der Waals surface area (Å²) in [5.41, 5.74) is 5.30. The molecular formula is C27H31NO5. The third-order valence-electron chi connectivity index (χ3n) is 6.12. The van der Waals surface area contributed by atoms with E-state index in [-0.39, 0.29) is 18.2 Å². The molecule has 0 amide bonds. The minimum atomic E-state index is -0.325. The van der Waals surface area contributed by atoms with Crippen LogP contribution in [0.1, 0.15) is 58.4 Å². The molecule has 1 aromatic heterocycles. The van der Waals surface area contributed by atoms with E-state index in [2.05, 4.69) is 11.9 Å². The van der Waals surface area contributed by atoms with E-state index in [1.165, 1.54) is 12.7 Å². The van der Waals surface area contributed by atoms with Crippen molar-refractivity contribution in [2.45, 2.75) is 65.0 Å². The van der Waals surface area contributed by atoms with E-state index in [4.69, 9.17) is 18.6 Å². The van der Waals surface area contributed by atoms with Gasteiger partial charge in [-0.05, 0) is 62.8 Å². The first-order valence-corrected chi connectivity index (χ1v) is 11.4. The normalized spacial score (nSPS) is 18.3. The van der Waals surface area contributed by atoms with E-state index in [0.717, 1.165) is 48.1 Å². The van der Waals surface area contributed by atoms with E-state index in [9.17, 15) is 4.79 Å². The van der Waals surface area contributed by atoms with Gasteiger partial charge in [-0.1, -0.05) is 35.9 Å². The van der Waals surface area contributed by atoms with E-state index in [1.807, 2.05) is 49.4 Å². The Morgan fingerprint density at radius 3 is 2.48 bits per heavy atom. The summed E-state index contributed by atoms with van der Waals surface area (Å²) in [6.45, 7) is 4.76. The molecule has 3 aromatic rings. The van der Waals surface area contributed by atoms with Gasteiger partial charge in [0.2, 0.25) is 5.89 Å². The van der Waals surface area contributed by atoms with Crippen LogP contribution < -0.4 is 0 Å². The molecule has 1 saturated carbocycles. The molecule has 0 radical (unpaired) electrons. The lowest BCUT2D eigenvalue weighted by Crippen LogP contribution is -2.28. The average Bonchev–Trinajstić information content (AvgIpc) is 3.31. The maximum absolute atomic E-state index is 12.2. The number of ether oxygens (including phenoxy) is 3. The highest BCUT2D eigenvalue weighted by molar-refractivity contribution is 5.92. The van der Waals surface area contributed by atoms with Crippen LogP contribution in [0.5, 0.6) is 0 Å². The number of methoxy groups -OCH3 is 1. The maximum Gasteiger partial charge on any atom is 0.338 e. The molecule has 1 aliphatic rings. The molecule has 6 nitrogen and oxygen atoms in total. The number of aryl methyl sites for hydroxylation is 2. The topological polar surface area (TPSA) is 70.8 Å². The Morgan fingerprint density at radius 1 is 1.03 bits per heavy atom. The van der Waals surface area contributed by atoms with Crippen LogP contribution in [0.3, 0.4) is 0 Å². The Hall–Kier alpha value is -2.96. The predicted octanol–water partition coefficient (Wildman–Crippen LogP) is 5.79. The van der Waals surface area contributed by atoms with Crippen molar-refractivity contribution in [1.82, 2.24) is 4.98 Å². The van der Waals surface area contributed by atoms with E-state index < -0.39 is 0 Å². The second-order valence-corrected chi connectivity index (χ2v) is 8.64. The lowest BCUT2D eigenvalue weighted by atomic mass is 9.94. The zero-order chi connectivity index (χ0) is 23.2. The highest BCUT2D eigenvalue weighted by Crippen LogP contribution is 2.27. The lowest BCUT2D eigenvalue weighted by Gasteiger charge is -2.29. The Morgan fingerprint density at radius 2 is 1.76 bits per heavy atom. The summed E-state index contributed by atoms with van der Waals surface area (Å²) >= 11 is 0. The Kier molecular flexibility index (Phi) is 7.57. The van der Waals surface area contributed by atoms with Crippen molar-refractivity contribution in [1.29, 1.82) is 0 Å². The molecule has 1 fully saturated rings. The number of oxazole rings is 1. The molecule has 0 unspecified atom stereocenters. The van der Waals surface area contributed by atoms with Gasteiger partial charge in [0.15, 0.2) is 0 Å². The van der Waals surface area contributed by atoms with Crippen molar-refractivity contribution in [2.24, 2.45) is 0 Å². The molecule has 174 valence electrons. The molecule has 0 spiro atoms. The number of hydrogen-bond donors (Lipinski definition) is 0. The van der Waals surface area contributed by atoms with Gasteiger partial charge in [0, 0.05) is 5.56 Å². The molecule has 1 aliphatic carbocycles. The second kappa shape index (κ2) is 10.8. The molecule has 6 heteroatoms. The van der Waals surface area contributed by atoms with Crippen LogP contribution >= 0.6 is 0 Å². The highest BCUT2D eigenvalue weighted by atomic mass is 16.5. The number of esters is 1. The fourth-order valence-electron chi connectivity index (χ4n) is 4.26. The van der Waals surface area contributed by atoms with Crippen LogP contribution in [0.15, 0.2) is 53.1 Å². The van der Waals surface area contributed by atoms with E-state index >= 15 is 0 Å². The van der Waals surface area contributed by atoms with Crippen LogP contribution in [0.2, 0.25) is 0 Å². The number of benzene rings is 2. The van der Waals surface area contributed by atoms with E-state index in [0.29, 0.717) is 24.7 Å². The summed E-state index contributed by atoms with van der Waals surface area (Å²) in [7, 11) is 1.40. The zero-order valence-electron chi connectivity index (χ0n) is 19.5. The highest BCUT2D eigenvalue weighted by Gasteiger charge is 2.24. The number of carbonyl (C=O) groups is 1. The SMILES string of the molecule is COC(=O)c1c(C)cccc1CO[C@@H]1CCC[C@H](OCc2coc(-c3ccc(C)cc3)n2)C1. The number of carbonyl (C=O) groups excluding carboxylic acids is 1. The molecule has 0 saturated heterocycles. The molecule has 2 atom stereocenters. The standard InChI is InChI=1S/C27H31NO5/c1-18-10-12-20(13-11-18)26-28-22(17-33-26)16-32-24-9-5-8-23(14-24)31-15-21-7-4-6-19(2)25(21)27(29)30-3/h4,6-7,10-13,17,23-24H,5,8-9,14-16H2,1-3H3/t23-,24+/m1/s1. The van der Waals surface area contributed by atoms with Crippen molar-refractivity contribution >= 4 is 5.97 Å². The van der Waals surface area contributed by atoms with Crippen LogP contribution in [-0.2, 0) is 27.4 Å². The molecule has 33 heavy (non-hydrogen) atoms. The summed E-state index contributed by atoms with van der Waals surface area (Å²) in [5.74, 6) is 0.284. The molecule has 0 bridgehead atoms. The van der Waals surface area contributed by atoms with Crippen LogP contribution in [0.4, 0.5) is 0 Å². The lowest BCUT2D eigenvalue weighted by molar-refractivity contribution is -0.0563. The Labute approximate surface area is 194 Å². The van der Waals surface area contributed by atoms with Gasteiger partial charge in [-0.3, -0.25) is 0 Å². The van der Waals surface area contributed by atoms with Gasteiger partial charge in [0.1, 0.15) is 12.0 Å². The zero-order valence-corrected chi connectivity index (χ0v) is 19.5. The molecule has 1 heterocycles. The minimum absolute atomic E-state index is 0.0928. The summed E-state index contributed by atoms with van der Waals surface area (Å²) in [6.07, 6.45) is 5.72. The molecule has 4 rings (SSSR count). The van der Waals surface area contributed by atoms with Gasteiger partial charge in [-0.25, -0.2) is 9.78 Å². The average molecular weight is 450 g/mol. The summed E-state index contributed by atoms with van der Waals surface area (Å²) < 4.78 is 22.9. The van der Waals surface area contributed by atoms with Crippen LogP contribution in [-0.4, -0.2) is 30.3 Å². The van der Waals surface area contributed by atoms with Gasteiger partial charge in [-0.15, -0.1) is 0 Å². The fraction of sp³-hybridized carbons (Fsp3) is 0.407. The van der Waals surface area contributed by atoms with Gasteiger partial charge >= 0.3 is 5.97 Å². The molecular weight excluding hydrogens is 418 g/mol. The van der Waals surface area contributed by atoms with Crippen molar-refractivity contribution in [3.05, 3.63) is 76.7 Å². The first kappa shape index (κ1) is 23.2. The first-order valence-electron chi connectivity index (χ1n) is 11.4. The fourth-order valence-corrected chi connectivity index (χ4v) is 4.26. The first-order chi connectivity index (χ1) is 16.0. The maximum atomic E-state index is 12.2. The summed E-state index contributed by atoms with van der Waals surface area (Å²) in [6, 6.07) is 13.9. The van der Waals surface area contributed by atoms with Gasteiger partial charge in [0.05, 0.1) is 38.1 Å². The number of nitrogens with zero attached hydrogens (tertiary/aromatic N) is 1. The van der Waals surface area contributed by atoms with Crippen LogP contribution in [0, 0.1) is 13.8 Å². The largest absolute Gasteiger partial charge is 0.465 e. The number of aromatic nitrogens is 1. The smallest absolute Gasteiger partial charge is 0.338 e. The number of rotatable bonds is 8. The second-order valence-electron chi connectivity index (χ2n) is 8.64. The quantitative estimate of drug-likeness (QED) is 0.406. The third-order valence-corrected chi connectivity index (χ3v) is 6.12. The minimum Gasteiger partial charge on any atom is -0.465 e. The third kappa shape index (κ3) is 5.89.